The molecule has 0 atom stereocenters. The highest BCUT2D eigenvalue weighted by Gasteiger charge is 2.21. The van der Waals surface area contributed by atoms with Crippen molar-refractivity contribution in [3.05, 3.63) is 53.3 Å². The molecular weight excluding hydrogens is 266 g/mol. The lowest BCUT2D eigenvalue weighted by Gasteiger charge is -2.29. The summed E-state index contributed by atoms with van der Waals surface area (Å²) in [4.78, 5) is 27.5. The Bertz CT molecular complexity index is 614. The molecular formula is C16H21N3O2. The normalized spacial score (nSPS) is 17.4. The topological polar surface area (TPSA) is 58.1 Å². The average Bonchev–Trinajstić information content (AvgIpc) is 2.89. The summed E-state index contributed by atoms with van der Waals surface area (Å²) in [6, 6.07) is 0.147. The Labute approximate surface area is 124 Å². The van der Waals surface area contributed by atoms with Crippen LogP contribution in [0.3, 0.4) is 0 Å². The number of nitrogens with zero attached hydrogens (tertiary/aromatic N) is 2. The van der Waals surface area contributed by atoms with E-state index in [0.29, 0.717) is 13.1 Å². The quantitative estimate of drug-likeness (QED) is 0.666. The highest BCUT2D eigenvalue weighted by Crippen LogP contribution is 2.22. The van der Waals surface area contributed by atoms with Crippen molar-refractivity contribution in [3.63, 3.8) is 0 Å². The van der Waals surface area contributed by atoms with Gasteiger partial charge in [0.25, 0.3) is 0 Å². The Hall–Kier alpha value is -2.30. The predicted octanol–water partition coefficient (Wildman–Crippen LogP) is 2.12. The van der Waals surface area contributed by atoms with E-state index in [9.17, 15) is 9.59 Å². The molecule has 0 bridgehead atoms. The molecule has 1 aliphatic rings. The summed E-state index contributed by atoms with van der Waals surface area (Å²) in [6.07, 6.45) is 11.8. The third-order valence-corrected chi connectivity index (χ3v) is 3.74. The van der Waals surface area contributed by atoms with Gasteiger partial charge in [0.05, 0.1) is 5.69 Å². The molecule has 0 radical (unpaired) electrons. The minimum Gasteiger partial charge on any atom is -0.345 e. The molecule has 2 heterocycles. The van der Waals surface area contributed by atoms with Crippen LogP contribution < -0.4 is 5.69 Å². The van der Waals surface area contributed by atoms with Gasteiger partial charge in [-0.3, -0.25) is 9.36 Å². The van der Waals surface area contributed by atoms with Crippen LogP contribution in [-0.2, 0) is 4.79 Å². The number of aromatic amines is 1. The molecule has 2 rings (SSSR count). The molecule has 1 aliphatic heterocycles. The lowest BCUT2D eigenvalue weighted by molar-refractivity contribution is -0.119. The number of likely N-dealkylation sites (tertiary alicyclic amines) is 1. The van der Waals surface area contributed by atoms with Crippen LogP contribution in [-0.4, -0.2) is 34.0 Å². The predicted molar refractivity (Wildman–Crippen MR) is 83.9 cm³/mol. The number of piperidine rings is 1. The van der Waals surface area contributed by atoms with Crippen LogP contribution in [0.2, 0.25) is 0 Å². The molecule has 0 spiro atoms. The van der Waals surface area contributed by atoms with Crippen LogP contribution in [0.25, 0.3) is 5.57 Å². The van der Waals surface area contributed by atoms with Crippen molar-refractivity contribution < 1.29 is 4.79 Å². The molecule has 1 aromatic heterocycles. The fourth-order valence-corrected chi connectivity index (χ4v) is 2.64. The van der Waals surface area contributed by atoms with Crippen molar-refractivity contribution in [2.24, 2.45) is 0 Å². The summed E-state index contributed by atoms with van der Waals surface area (Å²) in [5.74, 6) is 0. The smallest absolute Gasteiger partial charge is 0.326 e. The van der Waals surface area contributed by atoms with Gasteiger partial charge in [-0.05, 0) is 25.3 Å². The standard InChI is InChI=1S/C16H21N3O2/c1-3-5-13(6-4-2)15-11-19(16(21)17-15)14-7-9-18(12-20)10-8-14/h3-6,11-12,14H,1,7-10H2,2H3,(H,17,21)/b6-4-,13-5+. The van der Waals surface area contributed by atoms with Crippen LogP contribution in [0, 0.1) is 0 Å². The lowest BCUT2D eigenvalue weighted by atomic mass is 10.1. The van der Waals surface area contributed by atoms with Crippen molar-refractivity contribution in [3.8, 4) is 0 Å². The number of allylic oxidation sites excluding steroid dienone is 5. The number of aromatic nitrogens is 2. The first-order chi connectivity index (χ1) is 10.2. The molecule has 1 saturated heterocycles. The molecule has 21 heavy (non-hydrogen) atoms. The van der Waals surface area contributed by atoms with Gasteiger partial charge in [0.15, 0.2) is 0 Å². The van der Waals surface area contributed by atoms with E-state index >= 15 is 0 Å². The molecule has 0 saturated carbocycles. The largest absolute Gasteiger partial charge is 0.345 e. The van der Waals surface area contributed by atoms with Crippen LogP contribution in [0.5, 0.6) is 0 Å². The van der Waals surface area contributed by atoms with Gasteiger partial charge in [0, 0.05) is 25.3 Å². The lowest BCUT2D eigenvalue weighted by Crippen LogP contribution is -2.35. The number of carbonyl (C=O) groups is 1. The van der Waals surface area contributed by atoms with E-state index in [1.807, 2.05) is 31.3 Å². The number of hydrogen-bond donors (Lipinski definition) is 1. The van der Waals surface area contributed by atoms with E-state index in [4.69, 9.17) is 0 Å². The zero-order valence-corrected chi connectivity index (χ0v) is 12.3. The van der Waals surface area contributed by atoms with Gasteiger partial charge in [0.1, 0.15) is 0 Å². The molecule has 1 fully saturated rings. The Kier molecular flexibility index (Phi) is 4.98. The minimum absolute atomic E-state index is 0.103. The third-order valence-electron chi connectivity index (χ3n) is 3.74. The first-order valence-corrected chi connectivity index (χ1v) is 7.16. The van der Waals surface area contributed by atoms with Crippen molar-refractivity contribution >= 4 is 12.0 Å². The number of carbonyl (C=O) groups excluding carboxylic acids is 1. The SMILES string of the molecule is C=C/C=C(\C=C/C)c1cn(C2CCN(C=O)CC2)c(=O)[nH]1. The van der Waals surface area contributed by atoms with Gasteiger partial charge < -0.3 is 9.88 Å². The highest BCUT2D eigenvalue weighted by molar-refractivity contribution is 5.72. The summed E-state index contributed by atoms with van der Waals surface area (Å²) < 4.78 is 1.75. The zero-order valence-electron chi connectivity index (χ0n) is 12.3. The second-order valence-corrected chi connectivity index (χ2v) is 5.11. The van der Waals surface area contributed by atoms with E-state index in [-0.39, 0.29) is 11.7 Å². The van der Waals surface area contributed by atoms with Gasteiger partial charge >= 0.3 is 5.69 Å². The minimum atomic E-state index is -0.103. The fourth-order valence-electron chi connectivity index (χ4n) is 2.64. The van der Waals surface area contributed by atoms with Gasteiger partial charge in [-0.15, -0.1) is 0 Å². The van der Waals surface area contributed by atoms with E-state index in [0.717, 1.165) is 30.5 Å². The van der Waals surface area contributed by atoms with Gasteiger partial charge in [-0.2, -0.15) is 0 Å². The third kappa shape index (κ3) is 3.42. The number of hydrogen-bond acceptors (Lipinski definition) is 2. The van der Waals surface area contributed by atoms with E-state index < -0.39 is 0 Å². The monoisotopic (exact) mass is 287 g/mol. The van der Waals surface area contributed by atoms with Crippen LogP contribution >= 0.6 is 0 Å². The Morgan fingerprint density at radius 3 is 2.71 bits per heavy atom. The van der Waals surface area contributed by atoms with Crippen LogP contribution in [0.4, 0.5) is 0 Å². The van der Waals surface area contributed by atoms with Crippen LogP contribution in [0.1, 0.15) is 31.5 Å². The van der Waals surface area contributed by atoms with Crippen molar-refractivity contribution in [2.45, 2.75) is 25.8 Å². The summed E-state index contributed by atoms with van der Waals surface area (Å²) in [6.45, 7) is 7.03. The Morgan fingerprint density at radius 2 is 2.14 bits per heavy atom. The van der Waals surface area contributed by atoms with E-state index in [1.54, 1.807) is 15.5 Å². The molecule has 5 nitrogen and oxygen atoms in total. The number of amides is 1. The van der Waals surface area contributed by atoms with Crippen molar-refractivity contribution in [2.75, 3.05) is 13.1 Å². The van der Waals surface area contributed by atoms with Gasteiger partial charge in [0.2, 0.25) is 6.41 Å². The van der Waals surface area contributed by atoms with Crippen molar-refractivity contribution in [1.29, 1.82) is 0 Å². The zero-order chi connectivity index (χ0) is 15.2. The number of rotatable bonds is 5. The molecule has 1 N–H and O–H groups in total. The molecule has 1 aromatic rings. The molecule has 112 valence electrons. The molecule has 1 amide bonds. The molecule has 0 aliphatic carbocycles. The number of H-pyrrole nitrogens is 1. The van der Waals surface area contributed by atoms with Crippen LogP contribution in [0.15, 0.2) is 41.9 Å². The Morgan fingerprint density at radius 1 is 1.43 bits per heavy atom. The molecule has 5 heteroatoms. The molecule has 0 unspecified atom stereocenters. The van der Waals surface area contributed by atoms with Gasteiger partial charge in [-0.25, -0.2) is 4.79 Å². The van der Waals surface area contributed by atoms with E-state index in [1.165, 1.54) is 0 Å². The first kappa shape index (κ1) is 15.1. The maximum atomic E-state index is 12.2. The second kappa shape index (κ2) is 6.92. The number of imidazole rings is 1. The van der Waals surface area contributed by atoms with E-state index in [2.05, 4.69) is 11.6 Å². The second-order valence-electron chi connectivity index (χ2n) is 5.11. The maximum Gasteiger partial charge on any atom is 0.326 e. The van der Waals surface area contributed by atoms with Gasteiger partial charge in [-0.1, -0.05) is 30.9 Å². The Balaban J connectivity index is 2.23. The fraction of sp³-hybridized carbons (Fsp3) is 0.375. The highest BCUT2D eigenvalue weighted by atomic mass is 16.1. The van der Waals surface area contributed by atoms with Crippen molar-refractivity contribution in [1.82, 2.24) is 14.5 Å². The summed E-state index contributed by atoms with van der Waals surface area (Å²) >= 11 is 0. The summed E-state index contributed by atoms with van der Waals surface area (Å²) in [5.41, 5.74) is 1.61. The summed E-state index contributed by atoms with van der Waals surface area (Å²) in [5, 5.41) is 0. The maximum absolute atomic E-state index is 12.2. The first-order valence-electron chi connectivity index (χ1n) is 7.16. The number of nitrogens with one attached hydrogen (secondary N) is 1. The summed E-state index contributed by atoms with van der Waals surface area (Å²) in [7, 11) is 0. The average molecular weight is 287 g/mol. The molecule has 0 aromatic carbocycles.